The minimum atomic E-state index is -0.677. The summed E-state index contributed by atoms with van der Waals surface area (Å²) in [5.41, 5.74) is 2.30. The molecule has 3 rings (SSSR count). The second kappa shape index (κ2) is 8.89. The Bertz CT molecular complexity index is 920. The molecule has 1 saturated heterocycles. The number of carbonyl (C=O) groups excluding carboxylic acids is 2. The third-order valence-electron chi connectivity index (χ3n) is 4.72. The molecule has 4 amide bonds. The number of hydrogen-bond donors (Lipinski definition) is 2. The van der Waals surface area contributed by atoms with E-state index >= 15 is 0 Å². The van der Waals surface area contributed by atoms with Crippen molar-refractivity contribution in [3.05, 3.63) is 59.2 Å². The highest BCUT2D eigenvalue weighted by Crippen LogP contribution is 2.30. The maximum atomic E-state index is 14.0. The molecule has 2 aromatic carbocycles. The number of anilines is 2. The molecule has 1 fully saturated rings. The fourth-order valence-corrected chi connectivity index (χ4v) is 3.32. The fraction of sp³-hybridized carbons (Fsp3) is 0.333. The molecule has 2 aromatic rings. The van der Waals surface area contributed by atoms with Gasteiger partial charge >= 0.3 is 12.1 Å². The Morgan fingerprint density at radius 2 is 1.93 bits per heavy atom. The van der Waals surface area contributed by atoms with Crippen molar-refractivity contribution in [2.45, 2.75) is 26.8 Å². The Morgan fingerprint density at radius 3 is 2.66 bits per heavy atom. The lowest BCUT2D eigenvalue weighted by Crippen LogP contribution is -2.49. The van der Waals surface area contributed by atoms with E-state index < -0.39 is 11.6 Å². The zero-order valence-corrected chi connectivity index (χ0v) is 16.5. The first kappa shape index (κ1) is 20.6. The average Bonchev–Trinajstić information content (AvgIpc) is 2.66. The number of nitrogens with one attached hydrogen (secondary N) is 2. The van der Waals surface area contributed by atoms with Crippen LogP contribution < -0.4 is 15.5 Å². The van der Waals surface area contributed by atoms with Crippen molar-refractivity contribution in [1.82, 2.24) is 10.2 Å². The van der Waals surface area contributed by atoms with Crippen LogP contribution in [0.5, 0.6) is 0 Å². The van der Waals surface area contributed by atoms with Crippen molar-refractivity contribution in [3.63, 3.8) is 0 Å². The van der Waals surface area contributed by atoms with Gasteiger partial charge in [0.1, 0.15) is 11.6 Å². The van der Waals surface area contributed by atoms with Gasteiger partial charge in [0, 0.05) is 31.3 Å². The van der Waals surface area contributed by atoms with Crippen LogP contribution in [-0.4, -0.2) is 36.6 Å². The van der Waals surface area contributed by atoms with E-state index in [0.717, 1.165) is 11.6 Å². The summed E-state index contributed by atoms with van der Waals surface area (Å²) in [5.74, 6) is -1.33. The van der Waals surface area contributed by atoms with Gasteiger partial charge in [-0.2, -0.15) is 0 Å². The molecule has 0 aliphatic carbocycles. The second-order valence-electron chi connectivity index (χ2n) is 6.95. The lowest BCUT2D eigenvalue weighted by molar-refractivity contribution is 0.192. The zero-order valence-electron chi connectivity index (χ0n) is 16.5. The molecule has 0 bridgehead atoms. The molecule has 0 atom stereocenters. The maximum absolute atomic E-state index is 14.0. The Labute approximate surface area is 168 Å². The van der Waals surface area contributed by atoms with Gasteiger partial charge in [0.2, 0.25) is 0 Å². The van der Waals surface area contributed by atoms with Gasteiger partial charge in [0.15, 0.2) is 0 Å². The Balaban J connectivity index is 1.83. The molecule has 29 heavy (non-hydrogen) atoms. The van der Waals surface area contributed by atoms with Crippen molar-refractivity contribution >= 4 is 23.4 Å². The van der Waals surface area contributed by atoms with E-state index in [1.165, 1.54) is 17.0 Å². The number of nitrogens with zero attached hydrogens (tertiary/aromatic N) is 2. The summed E-state index contributed by atoms with van der Waals surface area (Å²) < 4.78 is 27.2. The molecule has 6 nitrogen and oxygen atoms in total. The molecule has 0 radical (unpaired) electrons. The van der Waals surface area contributed by atoms with E-state index in [4.69, 9.17) is 0 Å². The SMILES string of the molecule is CCNC(=O)Nc1cc(C)ccc1N1CCCN(Cc2ccc(F)cc2F)C1=O. The van der Waals surface area contributed by atoms with Gasteiger partial charge < -0.3 is 15.5 Å². The number of hydrogen-bond acceptors (Lipinski definition) is 2. The van der Waals surface area contributed by atoms with Crippen LogP contribution in [0, 0.1) is 18.6 Å². The first-order valence-corrected chi connectivity index (χ1v) is 9.55. The smallest absolute Gasteiger partial charge is 0.324 e. The van der Waals surface area contributed by atoms with Crippen LogP contribution in [0.15, 0.2) is 36.4 Å². The summed E-state index contributed by atoms with van der Waals surface area (Å²) in [7, 11) is 0. The number of aryl methyl sites for hydroxylation is 1. The van der Waals surface area contributed by atoms with Gasteiger partial charge in [-0.05, 0) is 44.0 Å². The molecule has 1 heterocycles. The van der Waals surface area contributed by atoms with Gasteiger partial charge in [0.05, 0.1) is 17.9 Å². The molecule has 2 N–H and O–H groups in total. The van der Waals surface area contributed by atoms with Crippen LogP contribution >= 0.6 is 0 Å². The van der Waals surface area contributed by atoms with Crippen LogP contribution in [0.3, 0.4) is 0 Å². The lowest BCUT2D eigenvalue weighted by atomic mass is 10.1. The van der Waals surface area contributed by atoms with Crippen LogP contribution in [0.4, 0.5) is 29.7 Å². The minimum Gasteiger partial charge on any atom is -0.338 e. The lowest BCUT2D eigenvalue weighted by Gasteiger charge is -2.36. The molecular formula is C21H24F2N4O2. The number of amides is 4. The number of rotatable bonds is 5. The molecule has 8 heteroatoms. The number of urea groups is 2. The van der Waals surface area contributed by atoms with Gasteiger partial charge in [0.25, 0.3) is 0 Å². The molecule has 0 saturated carbocycles. The summed E-state index contributed by atoms with van der Waals surface area (Å²) in [6.07, 6.45) is 0.684. The summed E-state index contributed by atoms with van der Waals surface area (Å²) in [6.45, 7) is 5.19. The number of benzene rings is 2. The Morgan fingerprint density at radius 1 is 1.14 bits per heavy atom. The number of halogens is 2. The molecule has 0 spiro atoms. The molecular weight excluding hydrogens is 378 g/mol. The summed E-state index contributed by atoms with van der Waals surface area (Å²) in [4.78, 5) is 28.2. The highest BCUT2D eigenvalue weighted by molar-refractivity contribution is 6.00. The fourth-order valence-electron chi connectivity index (χ4n) is 3.32. The van der Waals surface area contributed by atoms with Gasteiger partial charge in [-0.25, -0.2) is 18.4 Å². The third kappa shape index (κ3) is 4.82. The average molecular weight is 402 g/mol. The monoisotopic (exact) mass is 402 g/mol. The predicted octanol–water partition coefficient (Wildman–Crippen LogP) is 4.25. The van der Waals surface area contributed by atoms with Gasteiger partial charge in [-0.15, -0.1) is 0 Å². The third-order valence-corrected chi connectivity index (χ3v) is 4.72. The Hall–Kier alpha value is -3.16. The van der Waals surface area contributed by atoms with Gasteiger partial charge in [-0.1, -0.05) is 12.1 Å². The van der Waals surface area contributed by atoms with E-state index in [1.807, 2.05) is 19.9 Å². The highest BCUT2D eigenvalue weighted by atomic mass is 19.1. The van der Waals surface area contributed by atoms with Crippen molar-refractivity contribution in [2.24, 2.45) is 0 Å². The molecule has 0 aromatic heterocycles. The zero-order chi connectivity index (χ0) is 21.0. The standard InChI is InChI=1S/C21H24F2N4O2/c1-3-24-20(28)25-18-11-14(2)5-8-19(18)27-10-4-9-26(21(27)29)13-15-6-7-16(22)12-17(15)23/h5-8,11-12H,3-4,9-10,13H2,1-2H3,(H2,24,25,28). The first-order chi connectivity index (χ1) is 13.9. The van der Waals surface area contributed by atoms with E-state index in [2.05, 4.69) is 10.6 Å². The van der Waals surface area contributed by atoms with Crippen molar-refractivity contribution in [3.8, 4) is 0 Å². The van der Waals surface area contributed by atoms with Crippen molar-refractivity contribution in [2.75, 3.05) is 29.9 Å². The van der Waals surface area contributed by atoms with E-state index in [-0.39, 0.29) is 24.2 Å². The molecule has 1 aliphatic rings. The van der Waals surface area contributed by atoms with Crippen molar-refractivity contribution < 1.29 is 18.4 Å². The molecule has 154 valence electrons. The second-order valence-corrected chi connectivity index (χ2v) is 6.95. The molecule has 1 aliphatic heterocycles. The van der Waals surface area contributed by atoms with Crippen LogP contribution in [0.25, 0.3) is 0 Å². The summed E-state index contributed by atoms with van der Waals surface area (Å²) in [5, 5.41) is 5.46. The van der Waals surface area contributed by atoms with E-state index in [9.17, 15) is 18.4 Å². The van der Waals surface area contributed by atoms with Crippen LogP contribution in [0.2, 0.25) is 0 Å². The predicted molar refractivity (Wildman–Crippen MR) is 108 cm³/mol. The highest BCUT2D eigenvalue weighted by Gasteiger charge is 2.29. The van der Waals surface area contributed by atoms with E-state index in [1.54, 1.807) is 17.0 Å². The molecule has 0 unspecified atom stereocenters. The topological polar surface area (TPSA) is 64.7 Å². The number of carbonyl (C=O) groups is 2. The van der Waals surface area contributed by atoms with Crippen LogP contribution in [-0.2, 0) is 6.54 Å². The quantitative estimate of drug-likeness (QED) is 0.785. The van der Waals surface area contributed by atoms with Gasteiger partial charge in [-0.3, -0.25) is 4.90 Å². The summed E-state index contributed by atoms with van der Waals surface area (Å²) in [6, 6.07) is 8.16. The first-order valence-electron chi connectivity index (χ1n) is 9.55. The largest absolute Gasteiger partial charge is 0.338 e. The van der Waals surface area contributed by atoms with Crippen LogP contribution in [0.1, 0.15) is 24.5 Å². The van der Waals surface area contributed by atoms with Crippen molar-refractivity contribution in [1.29, 1.82) is 0 Å². The summed E-state index contributed by atoms with van der Waals surface area (Å²) >= 11 is 0. The minimum absolute atomic E-state index is 0.0480. The normalized spacial score (nSPS) is 14.1. The Kier molecular flexibility index (Phi) is 6.31. The maximum Gasteiger partial charge on any atom is 0.324 e. The van der Waals surface area contributed by atoms with E-state index in [0.29, 0.717) is 37.4 Å².